The van der Waals surface area contributed by atoms with Crippen LogP contribution in [0.3, 0.4) is 0 Å². The van der Waals surface area contributed by atoms with E-state index in [1.807, 2.05) is 0 Å². The number of hydrogen-bond donors (Lipinski definition) is 2. The summed E-state index contributed by atoms with van der Waals surface area (Å²) in [5.74, 6) is 0.357. The quantitative estimate of drug-likeness (QED) is 0.756. The van der Waals surface area contributed by atoms with Crippen molar-refractivity contribution >= 4 is 12.1 Å². The standard InChI is InChI=1S/C13H21NO4/c15-12-7-6-11(18-12)10(14-13(16)17)8-9-4-2-1-3-5-9/h9-11,14H,1-8H2,(H,16,17). The highest BCUT2D eigenvalue weighted by molar-refractivity contribution is 5.72. The van der Waals surface area contributed by atoms with Crippen LogP contribution >= 0.6 is 0 Å². The third kappa shape index (κ3) is 3.62. The van der Waals surface area contributed by atoms with Crippen molar-refractivity contribution in [2.45, 2.75) is 63.5 Å². The molecule has 0 aromatic heterocycles. The van der Waals surface area contributed by atoms with E-state index in [4.69, 9.17) is 9.84 Å². The first-order valence-electron chi connectivity index (χ1n) is 6.84. The van der Waals surface area contributed by atoms with Crippen molar-refractivity contribution in [3.8, 4) is 0 Å². The molecular weight excluding hydrogens is 234 g/mol. The van der Waals surface area contributed by atoms with E-state index in [2.05, 4.69) is 5.32 Å². The highest BCUT2D eigenvalue weighted by Gasteiger charge is 2.33. The average Bonchev–Trinajstić information content (AvgIpc) is 2.76. The number of cyclic esters (lactones) is 1. The van der Waals surface area contributed by atoms with Crippen LogP contribution in [0.5, 0.6) is 0 Å². The lowest BCUT2D eigenvalue weighted by Gasteiger charge is -2.29. The molecule has 102 valence electrons. The van der Waals surface area contributed by atoms with Gasteiger partial charge in [0.1, 0.15) is 6.10 Å². The Morgan fingerprint density at radius 3 is 2.61 bits per heavy atom. The highest BCUT2D eigenvalue weighted by Crippen LogP contribution is 2.30. The third-order valence-electron chi connectivity index (χ3n) is 3.99. The molecule has 5 heteroatoms. The van der Waals surface area contributed by atoms with Gasteiger partial charge in [-0.2, -0.15) is 0 Å². The lowest BCUT2D eigenvalue weighted by Crippen LogP contribution is -2.44. The maximum absolute atomic E-state index is 11.1. The van der Waals surface area contributed by atoms with Crippen LogP contribution in [0.2, 0.25) is 0 Å². The summed E-state index contributed by atoms with van der Waals surface area (Å²) in [6, 6.07) is -0.239. The van der Waals surface area contributed by atoms with Crippen molar-refractivity contribution in [1.29, 1.82) is 0 Å². The Labute approximate surface area is 107 Å². The Kier molecular flexibility index (Phi) is 4.44. The van der Waals surface area contributed by atoms with Crippen molar-refractivity contribution in [2.24, 2.45) is 5.92 Å². The van der Waals surface area contributed by atoms with Crippen LogP contribution in [-0.2, 0) is 9.53 Å². The minimum absolute atomic E-state index is 0.208. The molecule has 1 aliphatic heterocycles. The van der Waals surface area contributed by atoms with Gasteiger partial charge in [-0.05, 0) is 18.8 Å². The SMILES string of the molecule is O=C(O)NC(CC1CCCCC1)C1CCC(=O)O1. The molecule has 0 radical (unpaired) electrons. The molecule has 18 heavy (non-hydrogen) atoms. The van der Waals surface area contributed by atoms with Gasteiger partial charge in [0.25, 0.3) is 0 Å². The molecule has 0 spiro atoms. The van der Waals surface area contributed by atoms with Gasteiger partial charge < -0.3 is 15.2 Å². The number of esters is 1. The van der Waals surface area contributed by atoms with Gasteiger partial charge in [0.2, 0.25) is 0 Å². The summed E-state index contributed by atoms with van der Waals surface area (Å²) >= 11 is 0. The molecule has 2 unspecified atom stereocenters. The van der Waals surface area contributed by atoms with Gasteiger partial charge in [0, 0.05) is 6.42 Å². The number of carbonyl (C=O) groups excluding carboxylic acids is 1. The van der Waals surface area contributed by atoms with Crippen LogP contribution in [0.25, 0.3) is 0 Å². The smallest absolute Gasteiger partial charge is 0.405 e. The zero-order valence-corrected chi connectivity index (χ0v) is 10.6. The van der Waals surface area contributed by atoms with Crippen LogP contribution < -0.4 is 5.32 Å². The van der Waals surface area contributed by atoms with Gasteiger partial charge in [-0.25, -0.2) is 4.79 Å². The molecule has 1 saturated heterocycles. The van der Waals surface area contributed by atoms with Gasteiger partial charge in [-0.1, -0.05) is 32.1 Å². The van der Waals surface area contributed by atoms with Crippen LogP contribution in [0.1, 0.15) is 51.4 Å². The monoisotopic (exact) mass is 255 g/mol. The molecule has 2 rings (SSSR count). The topological polar surface area (TPSA) is 75.6 Å². The molecule has 0 aromatic rings. The molecule has 1 heterocycles. The van der Waals surface area contributed by atoms with Gasteiger partial charge in [-0.3, -0.25) is 4.79 Å². The minimum atomic E-state index is -1.03. The normalized spacial score (nSPS) is 26.7. The highest BCUT2D eigenvalue weighted by atomic mass is 16.6. The first kappa shape index (κ1) is 13.2. The van der Waals surface area contributed by atoms with Gasteiger partial charge >= 0.3 is 12.1 Å². The van der Waals surface area contributed by atoms with E-state index < -0.39 is 6.09 Å². The van der Waals surface area contributed by atoms with Crippen LogP contribution in [0.4, 0.5) is 4.79 Å². The van der Waals surface area contributed by atoms with E-state index in [-0.39, 0.29) is 18.1 Å². The Morgan fingerprint density at radius 2 is 2.06 bits per heavy atom. The van der Waals surface area contributed by atoms with Crippen molar-refractivity contribution in [3.63, 3.8) is 0 Å². The van der Waals surface area contributed by atoms with Gasteiger partial charge in [0.15, 0.2) is 0 Å². The third-order valence-corrected chi connectivity index (χ3v) is 3.99. The van der Waals surface area contributed by atoms with Crippen LogP contribution in [-0.4, -0.2) is 29.3 Å². The zero-order valence-electron chi connectivity index (χ0n) is 10.6. The van der Waals surface area contributed by atoms with Crippen molar-refractivity contribution in [2.75, 3.05) is 0 Å². The second-order valence-corrected chi connectivity index (χ2v) is 5.36. The molecule has 5 nitrogen and oxygen atoms in total. The number of ether oxygens (including phenoxy) is 1. The molecule has 0 bridgehead atoms. The largest absolute Gasteiger partial charge is 0.465 e. The Morgan fingerprint density at radius 1 is 1.33 bits per heavy atom. The summed E-state index contributed by atoms with van der Waals surface area (Å²) in [6.45, 7) is 0. The van der Waals surface area contributed by atoms with Crippen LogP contribution in [0.15, 0.2) is 0 Å². The van der Waals surface area contributed by atoms with E-state index in [1.165, 1.54) is 32.1 Å². The minimum Gasteiger partial charge on any atom is -0.465 e. The molecule has 2 N–H and O–H groups in total. The number of carboxylic acid groups (broad SMARTS) is 1. The maximum Gasteiger partial charge on any atom is 0.405 e. The summed E-state index contributed by atoms with van der Waals surface area (Å²) in [5.41, 5.74) is 0. The van der Waals surface area contributed by atoms with Gasteiger partial charge in [-0.15, -0.1) is 0 Å². The number of amides is 1. The molecule has 1 saturated carbocycles. The molecule has 2 atom stereocenters. The van der Waals surface area contributed by atoms with E-state index in [9.17, 15) is 9.59 Å². The first-order valence-corrected chi connectivity index (χ1v) is 6.84. The number of carbonyl (C=O) groups is 2. The Hall–Kier alpha value is -1.26. The summed E-state index contributed by atoms with van der Waals surface area (Å²) in [7, 11) is 0. The lowest BCUT2D eigenvalue weighted by atomic mass is 9.83. The summed E-state index contributed by atoms with van der Waals surface area (Å²) in [6.07, 6.45) is 6.62. The van der Waals surface area contributed by atoms with Gasteiger partial charge in [0.05, 0.1) is 6.04 Å². The zero-order chi connectivity index (χ0) is 13.0. The second kappa shape index (κ2) is 6.07. The summed E-state index contributed by atoms with van der Waals surface area (Å²) in [4.78, 5) is 22.0. The number of nitrogens with one attached hydrogen (secondary N) is 1. The second-order valence-electron chi connectivity index (χ2n) is 5.36. The summed E-state index contributed by atoms with van der Waals surface area (Å²) < 4.78 is 5.20. The van der Waals surface area contributed by atoms with E-state index in [0.29, 0.717) is 18.8 Å². The molecule has 1 aliphatic carbocycles. The first-order chi connectivity index (χ1) is 8.65. The molecular formula is C13H21NO4. The fourth-order valence-electron chi connectivity index (χ4n) is 3.07. The van der Waals surface area contributed by atoms with E-state index >= 15 is 0 Å². The maximum atomic E-state index is 11.1. The predicted octanol–water partition coefficient (Wildman–Crippen LogP) is 2.30. The average molecular weight is 255 g/mol. The molecule has 2 aliphatic rings. The van der Waals surface area contributed by atoms with E-state index in [0.717, 1.165) is 6.42 Å². The number of rotatable bonds is 4. The van der Waals surface area contributed by atoms with Crippen molar-refractivity contribution in [1.82, 2.24) is 5.32 Å². The summed E-state index contributed by atoms with van der Waals surface area (Å²) in [5, 5.41) is 11.4. The molecule has 0 aromatic carbocycles. The fourth-order valence-corrected chi connectivity index (χ4v) is 3.07. The Balaban J connectivity index is 1.91. The molecule has 1 amide bonds. The van der Waals surface area contributed by atoms with Crippen molar-refractivity contribution in [3.05, 3.63) is 0 Å². The van der Waals surface area contributed by atoms with Crippen LogP contribution in [0, 0.1) is 5.92 Å². The fraction of sp³-hybridized carbons (Fsp3) is 0.846. The Bertz CT molecular complexity index is 312. The predicted molar refractivity (Wildman–Crippen MR) is 65.3 cm³/mol. The molecule has 2 fully saturated rings. The lowest BCUT2D eigenvalue weighted by molar-refractivity contribution is -0.142. The van der Waals surface area contributed by atoms with E-state index in [1.54, 1.807) is 0 Å². The number of hydrogen-bond acceptors (Lipinski definition) is 3. The van der Waals surface area contributed by atoms with Crippen molar-refractivity contribution < 1.29 is 19.4 Å².